The monoisotopic (exact) mass is 651 g/mol. The predicted molar refractivity (Wildman–Crippen MR) is 177 cm³/mol. The Morgan fingerprint density at radius 1 is 1.13 bits per heavy atom. The molecule has 3 amide bonds. The molecule has 6 rings (SSSR count). The van der Waals surface area contributed by atoms with E-state index >= 15 is 0 Å². The molecule has 12 heteroatoms. The Labute approximate surface area is 277 Å². The van der Waals surface area contributed by atoms with Crippen LogP contribution in [0.4, 0.5) is 15.0 Å². The normalized spacial score (nSPS) is 24.1. The zero-order valence-corrected chi connectivity index (χ0v) is 28.3. The fourth-order valence-electron chi connectivity index (χ4n) is 8.06. The van der Waals surface area contributed by atoms with Crippen LogP contribution in [0.3, 0.4) is 0 Å². The first-order chi connectivity index (χ1) is 22.6. The number of methoxy groups -OCH3 is 1. The molecule has 11 nitrogen and oxygen atoms in total. The van der Waals surface area contributed by atoms with E-state index in [0.29, 0.717) is 42.9 Å². The van der Waals surface area contributed by atoms with Crippen molar-refractivity contribution in [3.8, 4) is 11.5 Å². The summed E-state index contributed by atoms with van der Waals surface area (Å²) in [5.41, 5.74) is 0.377. The molecule has 4 fully saturated rings. The highest BCUT2D eigenvalue weighted by molar-refractivity contribution is 5.97. The van der Waals surface area contributed by atoms with Crippen LogP contribution in [0.15, 0.2) is 30.7 Å². The maximum absolute atomic E-state index is 14.3. The van der Waals surface area contributed by atoms with E-state index in [2.05, 4.69) is 25.1 Å². The molecule has 0 radical (unpaired) electrons. The Kier molecular flexibility index (Phi) is 9.89. The largest absolute Gasteiger partial charge is 0.451 e. The maximum atomic E-state index is 14.3. The van der Waals surface area contributed by atoms with Crippen LogP contribution in [0.25, 0.3) is 0 Å². The lowest BCUT2D eigenvalue weighted by atomic mass is 9.71. The van der Waals surface area contributed by atoms with Crippen LogP contribution >= 0.6 is 0 Å². The fourth-order valence-corrected chi connectivity index (χ4v) is 8.06. The summed E-state index contributed by atoms with van der Waals surface area (Å²) in [4.78, 5) is 43.0. The topological polar surface area (TPSA) is 103 Å². The first-order valence-corrected chi connectivity index (χ1v) is 17.2. The molecular formula is C35H50FN7O4. The van der Waals surface area contributed by atoms with Gasteiger partial charge < -0.3 is 34.4 Å². The third kappa shape index (κ3) is 7.18. The third-order valence-corrected chi connectivity index (χ3v) is 10.8. The molecule has 0 unspecified atom stereocenters. The number of anilines is 1. The number of carbonyl (C=O) groups is 2. The number of nitrogens with one attached hydrogen (secondary N) is 1. The summed E-state index contributed by atoms with van der Waals surface area (Å²) >= 11 is 0. The minimum atomic E-state index is -0.485. The second-order valence-corrected chi connectivity index (χ2v) is 14.4. The number of benzene rings is 1. The Bertz CT molecular complexity index is 1420. The molecule has 3 aliphatic heterocycles. The summed E-state index contributed by atoms with van der Waals surface area (Å²) < 4.78 is 25.7. The molecule has 2 aromatic rings. The van der Waals surface area contributed by atoms with E-state index in [9.17, 15) is 14.0 Å². The fraction of sp³-hybridized carbons (Fsp3) is 0.657. The van der Waals surface area contributed by atoms with Gasteiger partial charge in [0.25, 0.3) is 5.91 Å². The number of halogens is 1. The van der Waals surface area contributed by atoms with Gasteiger partial charge in [-0.25, -0.2) is 19.2 Å². The number of aromatic nitrogens is 2. The highest BCUT2D eigenvalue weighted by Gasteiger charge is 2.47. The lowest BCUT2D eigenvalue weighted by molar-refractivity contribution is 0.0582. The lowest BCUT2D eigenvalue weighted by Crippen LogP contribution is -2.61. The van der Waals surface area contributed by atoms with E-state index in [1.54, 1.807) is 18.2 Å². The van der Waals surface area contributed by atoms with E-state index in [1.807, 2.05) is 25.7 Å². The van der Waals surface area contributed by atoms with Crippen molar-refractivity contribution in [2.24, 2.45) is 11.3 Å². The van der Waals surface area contributed by atoms with Crippen molar-refractivity contribution in [2.75, 3.05) is 71.0 Å². The second-order valence-electron chi connectivity index (χ2n) is 14.4. The third-order valence-electron chi connectivity index (χ3n) is 10.8. The number of carbonyl (C=O) groups excluding carboxylic acids is 2. The van der Waals surface area contributed by atoms with Crippen molar-refractivity contribution >= 4 is 17.8 Å². The van der Waals surface area contributed by atoms with E-state index in [1.165, 1.54) is 24.5 Å². The van der Waals surface area contributed by atoms with Crippen LogP contribution in [0.2, 0.25) is 0 Å². The smallest absolute Gasteiger partial charge is 0.318 e. The van der Waals surface area contributed by atoms with Crippen LogP contribution in [0.5, 0.6) is 11.5 Å². The van der Waals surface area contributed by atoms with Crippen molar-refractivity contribution in [1.29, 1.82) is 0 Å². The van der Waals surface area contributed by atoms with Crippen molar-refractivity contribution in [2.45, 2.75) is 70.9 Å². The Morgan fingerprint density at radius 2 is 1.87 bits per heavy atom. The number of ether oxygens (including phenoxy) is 2. The number of urea groups is 1. The Hall–Kier alpha value is -3.51. The maximum Gasteiger partial charge on any atom is 0.318 e. The highest BCUT2D eigenvalue weighted by Crippen LogP contribution is 2.45. The molecule has 4 heterocycles. The van der Waals surface area contributed by atoms with Gasteiger partial charge >= 0.3 is 6.03 Å². The van der Waals surface area contributed by atoms with E-state index in [0.717, 1.165) is 77.8 Å². The lowest BCUT2D eigenvalue weighted by Gasteiger charge is -2.55. The zero-order chi connectivity index (χ0) is 33.2. The predicted octanol–water partition coefficient (Wildman–Crippen LogP) is 4.78. The quantitative estimate of drug-likeness (QED) is 0.371. The zero-order valence-electron chi connectivity index (χ0n) is 28.3. The Morgan fingerprint density at radius 3 is 2.55 bits per heavy atom. The molecule has 1 saturated carbocycles. The molecule has 47 heavy (non-hydrogen) atoms. The van der Waals surface area contributed by atoms with Crippen molar-refractivity contribution in [3.63, 3.8) is 0 Å². The van der Waals surface area contributed by atoms with Crippen LogP contribution < -0.4 is 15.0 Å². The van der Waals surface area contributed by atoms with Gasteiger partial charge in [-0.3, -0.25) is 4.79 Å². The van der Waals surface area contributed by atoms with Gasteiger partial charge in [0.15, 0.2) is 11.6 Å². The van der Waals surface area contributed by atoms with Crippen LogP contribution in [-0.4, -0.2) is 114 Å². The molecule has 3 saturated heterocycles. The minimum absolute atomic E-state index is 0.0308. The standard InChI is InChI=1S/C35H50FN7O4/c1-5-43(25(2)3)32(44)28-18-27(36)6-7-29(28)47-30-19-37-24-38-31(30)42-21-34(22-42)12-14-40(15-13-34)20-26-8-10-35(11-9-26)23-41(16-17-46-4)33(45)39-35/h6-7,18-19,24-26H,5,8-17,20-23H2,1-4H3,(H,39,45). The van der Waals surface area contributed by atoms with Crippen molar-refractivity contribution in [3.05, 3.63) is 42.1 Å². The highest BCUT2D eigenvalue weighted by atomic mass is 19.1. The molecular weight excluding hydrogens is 601 g/mol. The molecule has 1 N–H and O–H groups in total. The molecule has 1 aliphatic carbocycles. The number of hydrogen-bond donors (Lipinski definition) is 1. The number of amides is 3. The second kappa shape index (κ2) is 13.9. The molecule has 1 aromatic carbocycles. The minimum Gasteiger partial charge on any atom is -0.451 e. The summed E-state index contributed by atoms with van der Waals surface area (Å²) in [6.07, 6.45) is 9.83. The number of hydrogen-bond acceptors (Lipinski definition) is 8. The molecule has 0 bridgehead atoms. The summed E-state index contributed by atoms with van der Waals surface area (Å²) in [5.74, 6) is 1.37. The van der Waals surface area contributed by atoms with E-state index in [-0.39, 0.29) is 34.5 Å². The van der Waals surface area contributed by atoms with Crippen LogP contribution in [0, 0.1) is 17.2 Å². The van der Waals surface area contributed by atoms with Gasteiger partial charge in [0.05, 0.1) is 23.9 Å². The van der Waals surface area contributed by atoms with Gasteiger partial charge in [-0.2, -0.15) is 0 Å². The summed E-state index contributed by atoms with van der Waals surface area (Å²) in [6, 6.07) is 4.08. The van der Waals surface area contributed by atoms with Crippen LogP contribution in [0.1, 0.15) is 69.7 Å². The molecule has 1 aromatic heterocycles. The van der Waals surface area contributed by atoms with Gasteiger partial charge in [0.2, 0.25) is 0 Å². The van der Waals surface area contributed by atoms with E-state index in [4.69, 9.17) is 9.47 Å². The number of rotatable bonds is 11. The van der Waals surface area contributed by atoms with Crippen LogP contribution in [-0.2, 0) is 4.74 Å². The van der Waals surface area contributed by atoms with Gasteiger partial charge in [-0.15, -0.1) is 0 Å². The number of piperidine rings is 1. The SMILES string of the molecule is CCN(C(=O)c1cc(F)ccc1Oc1cncnc1N1CC2(CCN(CC3CCC4(CC3)CN(CCOC)C(=O)N4)CC2)C1)C(C)C. The summed E-state index contributed by atoms with van der Waals surface area (Å²) in [7, 11) is 1.67. The molecule has 256 valence electrons. The van der Waals surface area contributed by atoms with Crippen molar-refractivity contribution < 1.29 is 23.5 Å². The van der Waals surface area contributed by atoms with Gasteiger partial charge in [0.1, 0.15) is 17.9 Å². The van der Waals surface area contributed by atoms with Gasteiger partial charge in [-0.05, 0) is 96.5 Å². The Balaban J connectivity index is 1.01. The molecule has 4 aliphatic rings. The summed E-state index contributed by atoms with van der Waals surface area (Å²) in [5, 5.41) is 3.30. The summed E-state index contributed by atoms with van der Waals surface area (Å²) in [6.45, 7) is 13.4. The first-order valence-electron chi connectivity index (χ1n) is 17.2. The van der Waals surface area contributed by atoms with Gasteiger partial charge in [0, 0.05) is 57.8 Å². The van der Waals surface area contributed by atoms with Gasteiger partial charge in [-0.1, -0.05) is 0 Å². The van der Waals surface area contributed by atoms with Crippen molar-refractivity contribution in [1.82, 2.24) is 30.0 Å². The number of likely N-dealkylation sites (tertiary alicyclic amines) is 1. The molecule has 2 spiro atoms. The average Bonchev–Trinajstić information content (AvgIpc) is 3.35. The van der Waals surface area contributed by atoms with E-state index < -0.39 is 5.82 Å². The average molecular weight is 652 g/mol. The first kappa shape index (κ1) is 33.4. The molecule has 0 atom stereocenters. The number of nitrogens with zero attached hydrogens (tertiary/aromatic N) is 6.